The Hall–Kier alpha value is -2.35. The molecule has 5 nitrogen and oxygen atoms in total. The molecule has 0 saturated carbocycles. The second kappa shape index (κ2) is 3.66. The van der Waals surface area contributed by atoms with Crippen LogP contribution in [0, 0.1) is 25.2 Å². The van der Waals surface area contributed by atoms with Gasteiger partial charge in [-0.2, -0.15) is 10.4 Å². The SMILES string of the molecule is Cc1nn(-c2ccc(C#N)cn2)c(C)c1N. The molecule has 0 aromatic carbocycles. The van der Waals surface area contributed by atoms with Crippen LogP contribution in [0.4, 0.5) is 5.69 Å². The van der Waals surface area contributed by atoms with Gasteiger partial charge in [-0.1, -0.05) is 0 Å². The third-order valence-electron chi connectivity index (χ3n) is 2.44. The van der Waals surface area contributed by atoms with Crippen LogP contribution in [0.1, 0.15) is 17.0 Å². The van der Waals surface area contributed by atoms with E-state index in [1.807, 2.05) is 19.9 Å². The van der Waals surface area contributed by atoms with Crippen molar-refractivity contribution in [1.82, 2.24) is 14.8 Å². The summed E-state index contributed by atoms with van der Waals surface area (Å²) in [5.74, 6) is 0.663. The summed E-state index contributed by atoms with van der Waals surface area (Å²) in [6.45, 7) is 3.73. The van der Waals surface area contributed by atoms with Crippen molar-refractivity contribution < 1.29 is 0 Å². The monoisotopic (exact) mass is 213 g/mol. The molecular formula is C11H11N5. The summed E-state index contributed by atoms with van der Waals surface area (Å²) in [5.41, 5.74) is 8.67. The van der Waals surface area contributed by atoms with E-state index in [1.54, 1.807) is 16.8 Å². The van der Waals surface area contributed by atoms with Gasteiger partial charge >= 0.3 is 0 Å². The van der Waals surface area contributed by atoms with Crippen LogP contribution in [0.2, 0.25) is 0 Å². The van der Waals surface area contributed by atoms with E-state index in [4.69, 9.17) is 11.0 Å². The second-order valence-corrected chi connectivity index (χ2v) is 3.51. The molecule has 0 radical (unpaired) electrons. The molecular weight excluding hydrogens is 202 g/mol. The minimum absolute atomic E-state index is 0.526. The molecule has 0 aliphatic rings. The quantitative estimate of drug-likeness (QED) is 0.775. The summed E-state index contributed by atoms with van der Waals surface area (Å²) in [5, 5.41) is 13.0. The Kier molecular flexibility index (Phi) is 2.33. The molecule has 2 rings (SSSR count). The largest absolute Gasteiger partial charge is 0.396 e. The molecule has 2 heterocycles. The standard InChI is InChI=1S/C11H11N5/c1-7-11(13)8(2)16(15-7)10-4-3-9(5-12)6-14-10/h3-4,6H,13H2,1-2H3. The average Bonchev–Trinajstić information content (AvgIpc) is 2.57. The van der Waals surface area contributed by atoms with Gasteiger partial charge in [-0.25, -0.2) is 9.67 Å². The number of rotatable bonds is 1. The fourth-order valence-corrected chi connectivity index (χ4v) is 1.46. The smallest absolute Gasteiger partial charge is 0.153 e. The molecule has 2 N–H and O–H groups in total. The summed E-state index contributed by atoms with van der Waals surface area (Å²) in [4.78, 5) is 4.16. The lowest BCUT2D eigenvalue weighted by Gasteiger charge is -2.02. The zero-order valence-corrected chi connectivity index (χ0v) is 9.10. The second-order valence-electron chi connectivity index (χ2n) is 3.51. The van der Waals surface area contributed by atoms with Crippen LogP contribution >= 0.6 is 0 Å². The van der Waals surface area contributed by atoms with Crippen molar-refractivity contribution in [3.05, 3.63) is 35.3 Å². The number of anilines is 1. The van der Waals surface area contributed by atoms with E-state index < -0.39 is 0 Å². The van der Waals surface area contributed by atoms with Gasteiger partial charge < -0.3 is 5.73 Å². The molecule has 0 saturated heterocycles. The molecule has 16 heavy (non-hydrogen) atoms. The van der Waals surface area contributed by atoms with Crippen LogP contribution in [0.5, 0.6) is 0 Å². The predicted molar refractivity (Wildman–Crippen MR) is 60.0 cm³/mol. The van der Waals surface area contributed by atoms with Gasteiger partial charge in [0.05, 0.1) is 22.6 Å². The fraction of sp³-hybridized carbons (Fsp3) is 0.182. The summed E-state index contributed by atoms with van der Waals surface area (Å²) in [7, 11) is 0. The number of nitrogens with two attached hydrogens (primary N) is 1. The van der Waals surface area contributed by atoms with Crippen LogP contribution in [-0.4, -0.2) is 14.8 Å². The molecule has 0 aliphatic carbocycles. The van der Waals surface area contributed by atoms with Crippen molar-refractivity contribution in [1.29, 1.82) is 5.26 Å². The van der Waals surface area contributed by atoms with Gasteiger partial charge in [0.1, 0.15) is 6.07 Å². The molecule has 2 aromatic heterocycles. The zero-order valence-electron chi connectivity index (χ0n) is 9.10. The highest BCUT2D eigenvalue weighted by molar-refractivity contribution is 5.49. The lowest BCUT2D eigenvalue weighted by atomic mass is 10.3. The summed E-state index contributed by atoms with van der Waals surface area (Å²) < 4.78 is 1.67. The topological polar surface area (TPSA) is 80.5 Å². The number of nitriles is 1. The highest BCUT2D eigenvalue weighted by Gasteiger charge is 2.10. The van der Waals surface area contributed by atoms with Gasteiger partial charge in [-0.05, 0) is 26.0 Å². The van der Waals surface area contributed by atoms with Gasteiger partial charge in [0, 0.05) is 6.20 Å². The van der Waals surface area contributed by atoms with Crippen molar-refractivity contribution in [2.75, 3.05) is 5.73 Å². The normalized spacial score (nSPS) is 10.1. The molecule has 0 fully saturated rings. The Labute approximate surface area is 93.1 Å². The predicted octanol–water partition coefficient (Wildman–Crippen LogP) is 1.34. The number of hydrogen-bond donors (Lipinski definition) is 1. The van der Waals surface area contributed by atoms with E-state index >= 15 is 0 Å². The Morgan fingerprint density at radius 2 is 2.12 bits per heavy atom. The molecule has 0 atom stereocenters. The lowest BCUT2D eigenvalue weighted by Crippen LogP contribution is -2.02. The van der Waals surface area contributed by atoms with E-state index in [-0.39, 0.29) is 0 Å². The van der Waals surface area contributed by atoms with Crippen LogP contribution in [-0.2, 0) is 0 Å². The number of nitrogen functional groups attached to an aromatic ring is 1. The van der Waals surface area contributed by atoms with Crippen molar-refractivity contribution in [2.24, 2.45) is 0 Å². The third kappa shape index (κ3) is 1.50. The van der Waals surface area contributed by atoms with E-state index in [2.05, 4.69) is 10.1 Å². The van der Waals surface area contributed by atoms with Gasteiger partial charge in [-0.15, -0.1) is 0 Å². The first-order chi connectivity index (χ1) is 7.63. The van der Waals surface area contributed by atoms with Gasteiger partial charge in [0.25, 0.3) is 0 Å². The van der Waals surface area contributed by atoms with E-state index in [1.165, 1.54) is 6.20 Å². The minimum Gasteiger partial charge on any atom is -0.396 e. The average molecular weight is 213 g/mol. The van der Waals surface area contributed by atoms with Gasteiger partial charge in [0.15, 0.2) is 5.82 Å². The van der Waals surface area contributed by atoms with Crippen LogP contribution in [0.25, 0.3) is 5.82 Å². The van der Waals surface area contributed by atoms with Gasteiger partial charge in [0.2, 0.25) is 0 Å². The molecule has 0 unspecified atom stereocenters. The van der Waals surface area contributed by atoms with E-state index in [0.717, 1.165) is 11.4 Å². The maximum atomic E-state index is 8.67. The molecule has 0 amide bonds. The Morgan fingerprint density at radius 1 is 1.38 bits per heavy atom. The molecule has 0 aliphatic heterocycles. The minimum atomic E-state index is 0.526. The Bertz CT molecular complexity index is 559. The third-order valence-corrected chi connectivity index (χ3v) is 2.44. The first kappa shape index (κ1) is 10.2. The highest BCUT2D eigenvalue weighted by atomic mass is 15.3. The first-order valence-electron chi connectivity index (χ1n) is 4.81. The first-order valence-corrected chi connectivity index (χ1v) is 4.81. The maximum absolute atomic E-state index is 8.67. The summed E-state index contributed by atoms with van der Waals surface area (Å²) in [6.07, 6.45) is 1.52. The van der Waals surface area contributed by atoms with Crippen molar-refractivity contribution >= 4 is 5.69 Å². The van der Waals surface area contributed by atoms with Crippen LogP contribution in [0.15, 0.2) is 18.3 Å². The van der Waals surface area contributed by atoms with E-state index in [0.29, 0.717) is 17.1 Å². The van der Waals surface area contributed by atoms with E-state index in [9.17, 15) is 0 Å². The zero-order chi connectivity index (χ0) is 11.7. The van der Waals surface area contributed by atoms with Crippen molar-refractivity contribution in [2.45, 2.75) is 13.8 Å². The summed E-state index contributed by atoms with van der Waals surface area (Å²) >= 11 is 0. The number of aromatic nitrogens is 3. The Morgan fingerprint density at radius 3 is 2.56 bits per heavy atom. The van der Waals surface area contributed by atoms with Crippen molar-refractivity contribution in [3.8, 4) is 11.9 Å². The maximum Gasteiger partial charge on any atom is 0.153 e. The fourth-order valence-electron chi connectivity index (χ4n) is 1.46. The molecule has 0 spiro atoms. The number of aryl methyl sites for hydroxylation is 1. The van der Waals surface area contributed by atoms with Crippen molar-refractivity contribution in [3.63, 3.8) is 0 Å². The number of nitrogens with zero attached hydrogens (tertiary/aromatic N) is 4. The molecule has 2 aromatic rings. The molecule has 0 bridgehead atoms. The summed E-state index contributed by atoms with van der Waals surface area (Å²) in [6, 6.07) is 5.47. The number of pyridine rings is 1. The van der Waals surface area contributed by atoms with Crippen LogP contribution < -0.4 is 5.73 Å². The molecule has 80 valence electrons. The highest BCUT2D eigenvalue weighted by Crippen LogP contribution is 2.18. The molecule has 5 heteroatoms. The lowest BCUT2D eigenvalue weighted by molar-refractivity contribution is 0.806. The Balaban J connectivity index is 2.51. The van der Waals surface area contributed by atoms with Crippen LogP contribution in [0.3, 0.4) is 0 Å². The number of hydrogen-bond acceptors (Lipinski definition) is 4. The van der Waals surface area contributed by atoms with Gasteiger partial charge in [-0.3, -0.25) is 0 Å².